The van der Waals surface area contributed by atoms with Gasteiger partial charge in [0.15, 0.2) is 0 Å². The molecule has 0 aromatic heterocycles. The third-order valence-electron chi connectivity index (χ3n) is 3.88. The van der Waals surface area contributed by atoms with E-state index in [1.165, 1.54) is 5.56 Å². The van der Waals surface area contributed by atoms with Crippen molar-refractivity contribution in [2.45, 2.75) is 46.1 Å². The van der Waals surface area contributed by atoms with E-state index in [9.17, 15) is 0 Å². The van der Waals surface area contributed by atoms with Crippen LogP contribution in [0.15, 0.2) is 24.3 Å². The monoisotopic (exact) mass is 292 g/mol. The molecule has 0 saturated heterocycles. The maximum absolute atomic E-state index is 8.99. The van der Waals surface area contributed by atoms with Crippen LogP contribution in [0.1, 0.15) is 51.6 Å². The van der Waals surface area contributed by atoms with Crippen LogP contribution in [0.25, 0.3) is 0 Å². The minimum atomic E-state index is -0.194. The van der Waals surface area contributed by atoms with Gasteiger partial charge in [0.1, 0.15) is 0 Å². The first-order chi connectivity index (χ1) is 9.35. The van der Waals surface area contributed by atoms with Crippen LogP contribution in [0.2, 0.25) is 5.02 Å². The van der Waals surface area contributed by atoms with Gasteiger partial charge in [-0.3, -0.25) is 4.90 Å². The second-order valence-corrected chi connectivity index (χ2v) is 6.60. The molecule has 3 heteroatoms. The molecule has 0 fully saturated rings. The lowest BCUT2D eigenvalue weighted by Crippen LogP contribution is -2.23. The molecule has 1 unspecified atom stereocenters. The molecule has 0 aliphatic carbocycles. The lowest BCUT2D eigenvalue weighted by molar-refractivity contribution is 0.251. The van der Waals surface area contributed by atoms with Crippen molar-refractivity contribution >= 4 is 11.6 Å². The molecular weight excluding hydrogens is 268 g/mol. The summed E-state index contributed by atoms with van der Waals surface area (Å²) in [5.74, 6) is 0. The first kappa shape index (κ1) is 17.0. The summed E-state index contributed by atoms with van der Waals surface area (Å²) in [5.41, 5.74) is 1.09. The second kappa shape index (κ2) is 7.67. The highest BCUT2D eigenvalue weighted by Gasteiger charge is 2.16. The van der Waals surface area contributed by atoms with Crippen molar-refractivity contribution in [3.63, 3.8) is 0 Å². The first-order valence-electron chi connectivity index (χ1n) is 7.23. The molecule has 0 aliphatic rings. The SMILES string of the molecule is CC(c1ccc(Cl)cc1)N(C)CCCCC(C)(C)C#N. The largest absolute Gasteiger partial charge is 0.300 e. The maximum Gasteiger partial charge on any atom is 0.0683 e. The average molecular weight is 293 g/mol. The van der Waals surface area contributed by atoms with Crippen LogP contribution in [-0.4, -0.2) is 18.5 Å². The quantitative estimate of drug-likeness (QED) is 0.657. The van der Waals surface area contributed by atoms with Gasteiger partial charge in [-0.2, -0.15) is 5.26 Å². The lowest BCUT2D eigenvalue weighted by Gasteiger charge is -2.25. The molecule has 1 atom stereocenters. The standard InChI is InChI=1S/C17H25ClN2/c1-14(15-7-9-16(18)10-8-15)20(4)12-6-5-11-17(2,3)13-19/h7-10,14H,5-6,11-12H2,1-4H3. The molecule has 0 spiro atoms. The van der Waals surface area contributed by atoms with Crippen LogP contribution in [0.4, 0.5) is 0 Å². The molecule has 0 saturated carbocycles. The van der Waals surface area contributed by atoms with Crippen molar-refractivity contribution in [1.29, 1.82) is 5.26 Å². The average Bonchev–Trinajstić information content (AvgIpc) is 2.43. The van der Waals surface area contributed by atoms with Crippen molar-refractivity contribution in [2.75, 3.05) is 13.6 Å². The zero-order chi connectivity index (χ0) is 15.2. The molecule has 110 valence electrons. The third kappa shape index (κ3) is 5.53. The van der Waals surface area contributed by atoms with Gasteiger partial charge in [-0.15, -0.1) is 0 Å². The molecule has 1 aromatic rings. The van der Waals surface area contributed by atoms with E-state index in [1.807, 2.05) is 26.0 Å². The summed E-state index contributed by atoms with van der Waals surface area (Å²) in [6.07, 6.45) is 3.18. The number of nitriles is 1. The van der Waals surface area contributed by atoms with Crippen molar-refractivity contribution in [2.24, 2.45) is 5.41 Å². The van der Waals surface area contributed by atoms with Gasteiger partial charge in [-0.25, -0.2) is 0 Å². The Morgan fingerprint density at radius 2 is 1.85 bits per heavy atom. The molecule has 0 aliphatic heterocycles. The fourth-order valence-electron chi connectivity index (χ4n) is 2.17. The van der Waals surface area contributed by atoms with E-state index in [-0.39, 0.29) is 5.41 Å². The van der Waals surface area contributed by atoms with Gasteiger partial charge in [0.2, 0.25) is 0 Å². The van der Waals surface area contributed by atoms with Gasteiger partial charge >= 0.3 is 0 Å². The summed E-state index contributed by atoms with van der Waals surface area (Å²) in [7, 11) is 2.15. The van der Waals surface area contributed by atoms with Crippen LogP contribution in [0, 0.1) is 16.7 Å². The van der Waals surface area contributed by atoms with Gasteiger partial charge in [0.05, 0.1) is 11.5 Å². The Bertz CT molecular complexity index is 445. The van der Waals surface area contributed by atoms with Gasteiger partial charge < -0.3 is 0 Å². The van der Waals surface area contributed by atoms with Gasteiger partial charge in [0, 0.05) is 11.1 Å². The summed E-state index contributed by atoms with van der Waals surface area (Å²) < 4.78 is 0. The molecule has 0 N–H and O–H groups in total. The van der Waals surface area contributed by atoms with Gasteiger partial charge in [-0.05, 0) is 64.9 Å². The van der Waals surface area contributed by atoms with E-state index in [1.54, 1.807) is 0 Å². The Morgan fingerprint density at radius 3 is 2.40 bits per heavy atom. The van der Waals surface area contributed by atoms with E-state index in [0.717, 1.165) is 30.8 Å². The molecule has 0 bridgehead atoms. The molecule has 1 aromatic carbocycles. The fourth-order valence-corrected chi connectivity index (χ4v) is 2.30. The molecule has 1 rings (SSSR count). The number of hydrogen-bond donors (Lipinski definition) is 0. The second-order valence-electron chi connectivity index (χ2n) is 6.16. The van der Waals surface area contributed by atoms with Crippen LogP contribution >= 0.6 is 11.6 Å². The Labute approximate surface area is 128 Å². The Morgan fingerprint density at radius 1 is 1.25 bits per heavy atom. The molecule has 20 heavy (non-hydrogen) atoms. The summed E-state index contributed by atoms with van der Waals surface area (Å²) in [6.45, 7) is 7.27. The van der Waals surface area contributed by atoms with E-state index < -0.39 is 0 Å². The Kier molecular flexibility index (Phi) is 6.52. The zero-order valence-corrected chi connectivity index (χ0v) is 13.7. The van der Waals surface area contributed by atoms with Crippen LogP contribution in [-0.2, 0) is 0 Å². The number of unbranched alkanes of at least 4 members (excludes halogenated alkanes) is 1. The number of benzene rings is 1. The summed E-state index contributed by atoms with van der Waals surface area (Å²) in [5, 5.41) is 9.77. The van der Waals surface area contributed by atoms with E-state index in [2.05, 4.69) is 37.1 Å². The van der Waals surface area contributed by atoms with Crippen molar-refractivity contribution in [1.82, 2.24) is 4.90 Å². The van der Waals surface area contributed by atoms with E-state index in [4.69, 9.17) is 16.9 Å². The smallest absolute Gasteiger partial charge is 0.0683 e. The van der Waals surface area contributed by atoms with E-state index in [0.29, 0.717) is 6.04 Å². The van der Waals surface area contributed by atoms with Crippen molar-refractivity contribution < 1.29 is 0 Å². The summed E-state index contributed by atoms with van der Waals surface area (Å²) in [6, 6.07) is 10.8. The normalized spacial score (nSPS) is 13.2. The molecular formula is C17H25ClN2. The molecule has 0 amide bonds. The highest BCUT2D eigenvalue weighted by molar-refractivity contribution is 6.30. The number of hydrogen-bond acceptors (Lipinski definition) is 2. The number of halogens is 1. The fraction of sp³-hybridized carbons (Fsp3) is 0.588. The maximum atomic E-state index is 8.99. The summed E-state index contributed by atoms with van der Waals surface area (Å²) >= 11 is 5.91. The first-order valence-corrected chi connectivity index (χ1v) is 7.60. The Balaban J connectivity index is 2.37. The topological polar surface area (TPSA) is 27.0 Å². The minimum Gasteiger partial charge on any atom is -0.300 e. The molecule has 0 radical (unpaired) electrons. The van der Waals surface area contributed by atoms with Crippen LogP contribution in [0.5, 0.6) is 0 Å². The molecule has 2 nitrogen and oxygen atoms in total. The predicted molar refractivity (Wildman–Crippen MR) is 85.7 cm³/mol. The minimum absolute atomic E-state index is 0.194. The zero-order valence-electron chi connectivity index (χ0n) is 13.0. The highest BCUT2D eigenvalue weighted by Crippen LogP contribution is 2.24. The number of nitrogens with zero attached hydrogens (tertiary/aromatic N) is 2. The predicted octanol–water partition coefficient (Wildman–Crippen LogP) is 5.05. The highest BCUT2D eigenvalue weighted by atomic mass is 35.5. The number of rotatable bonds is 7. The van der Waals surface area contributed by atoms with Crippen LogP contribution in [0.3, 0.4) is 0 Å². The van der Waals surface area contributed by atoms with Crippen molar-refractivity contribution in [3.8, 4) is 6.07 Å². The van der Waals surface area contributed by atoms with Gasteiger partial charge in [0.25, 0.3) is 0 Å². The van der Waals surface area contributed by atoms with Crippen molar-refractivity contribution in [3.05, 3.63) is 34.9 Å². The molecule has 0 heterocycles. The Hall–Kier alpha value is -1.04. The lowest BCUT2D eigenvalue weighted by atomic mass is 9.89. The van der Waals surface area contributed by atoms with Crippen LogP contribution < -0.4 is 0 Å². The van der Waals surface area contributed by atoms with Gasteiger partial charge in [-0.1, -0.05) is 30.2 Å². The summed E-state index contributed by atoms with van der Waals surface area (Å²) in [4.78, 5) is 2.35. The third-order valence-corrected chi connectivity index (χ3v) is 4.13. The van der Waals surface area contributed by atoms with E-state index >= 15 is 0 Å².